The van der Waals surface area contributed by atoms with Gasteiger partial charge < -0.3 is 10.2 Å². The summed E-state index contributed by atoms with van der Waals surface area (Å²) in [6.45, 7) is 5.95. The molecule has 2 aromatic heterocycles. The Balaban J connectivity index is 1.16. The fourth-order valence-corrected chi connectivity index (χ4v) is 6.44. The van der Waals surface area contributed by atoms with E-state index in [-0.39, 0.29) is 11.9 Å². The van der Waals surface area contributed by atoms with Crippen molar-refractivity contribution in [2.45, 2.75) is 51.5 Å². The number of nitrogens with one attached hydrogen (secondary N) is 1. The van der Waals surface area contributed by atoms with Gasteiger partial charge >= 0.3 is 0 Å². The average Bonchev–Trinajstić information content (AvgIpc) is 3.12. The minimum atomic E-state index is 0.00887. The van der Waals surface area contributed by atoms with Gasteiger partial charge in [-0.3, -0.25) is 4.79 Å². The van der Waals surface area contributed by atoms with Crippen molar-refractivity contribution < 1.29 is 4.79 Å². The molecule has 1 amide bonds. The van der Waals surface area contributed by atoms with E-state index in [0.717, 1.165) is 42.3 Å². The quantitative estimate of drug-likeness (QED) is 0.523. The maximum Gasteiger partial charge on any atom is 0.251 e. The lowest BCUT2D eigenvalue weighted by molar-refractivity contribution is -0.0187. The largest absolute Gasteiger partial charge is 0.357 e. The molecule has 2 saturated carbocycles. The van der Waals surface area contributed by atoms with Crippen molar-refractivity contribution in [2.75, 3.05) is 18.0 Å². The van der Waals surface area contributed by atoms with Gasteiger partial charge in [0.05, 0.1) is 15.2 Å². The summed E-state index contributed by atoms with van der Waals surface area (Å²) in [5.74, 6) is 1.42. The number of pyridine rings is 1. The highest BCUT2D eigenvalue weighted by Gasteiger charge is 2.54. The number of carbonyl (C=O) groups is 1. The van der Waals surface area contributed by atoms with E-state index >= 15 is 0 Å². The number of fused-ring (bicyclic) bond motifs is 1. The summed E-state index contributed by atoms with van der Waals surface area (Å²) in [5, 5.41) is 5.20. The van der Waals surface area contributed by atoms with Gasteiger partial charge in [-0.15, -0.1) is 11.3 Å². The molecule has 1 spiro atoms. The van der Waals surface area contributed by atoms with Crippen LogP contribution in [0.3, 0.4) is 0 Å². The second-order valence-electron chi connectivity index (χ2n) is 8.92. The van der Waals surface area contributed by atoms with Crippen molar-refractivity contribution in [3.63, 3.8) is 0 Å². The van der Waals surface area contributed by atoms with Gasteiger partial charge in [-0.2, -0.15) is 0 Å². The van der Waals surface area contributed by atoms with Crippen LogP contribution in [0.4, 0.5) is 5.82 Å². The molecule has 2 heterocycles. The molecular weight excluding hydrogens is 428 g/mol. The SMILES string of the molecule is CCN(CC)c1cc(C(=O)NC2CC3(C2)CC(c2nc4cc(Cl)ccc4s2)C3)ccn1. The minimum Gasteiger partial charge on any atom is -0.357 e. The molecule has 0 radical (unpaired) electrons. The molecule has 0 atom stereocenters. The smallest absolute Gasteiger partial charge is 0.251 e. The third-order valence-electron chi connectivity index (χ3n) is 6.86. The van der Waals surface area contributed by atoms with Crippen molar-refractivity contribution in [1.82, 2.24) is 15.3 Å². The van der Waals surface area contributed by atoms with E-state index in [0.29, 0.717) is 16.9 Å². The number of halogens is 1. The van der Waals surface area contributed by atoms with Gasteiger partial charge in [-0.1, -0.05) is 11.6 Å². The number of anilines is 1. The minimum absolute atomic E-state index is 0.00887. The molecule has 0 bridgehead atoms. The van der Waals surface area contributed by atoms with E-state index in [2.05, 4.69) is 35.1 Å². The predicted molar refractivity (Wildman–Crippen MR) is 127 cm³/mol. The maximum atomic E-state index is 12.8. The van der Waals surface area contributed by atoms with Crippen LogP contribution in [0.15, 0.2) is 36.5 Å². The van der Waals surface area contributed by atoms with Crippen molar-refractivity contribution >= 4 is 44.9 Å². The van der Waals surface area contributed by atoms with E-state index in [1.54, 1.807) is 23.6 Å². The molecule has 2 fully saturated rings. The van der Waals surface area contributed by atoms with Crippen LogP contribution in [0, 0.1) is 5.41 Å². The van der Waals surface area contributed by atoms with Crippen LogP contribution in [0.25, 0.3) is 10.2 Å². The first-order chi connectivity index (χ1) is 15.0. The van der Waals surface area contributed by atoms with Gasteiger partial charge in [0.25, 0.3) is 5.91 Å². The molecule has 2 aliphatic carbocycles. The van der Waals surface area contributed by atoms with Crippen LogP contribution in [0.1, 0.15) is 60.8 Å². The zero-order chi connectivity index (χ0) is 21.6. The molecule has 2 aliphatic rings. The molecule has 7 heteroatoms. The molecule has 1 aromatic carbocycles. The third-order valence-corrected chi connectivity index (χ3v) is 8.30. The molecule has 5 nitrogen and oxygen atoms in total. The van der Waals surface area contributed by atoms with E-state index in [1.165, 1.54) is 22.5 Å². The summed E-state index contributed by atoms with van der Waals surface area (Å²) in [5.41, 5.74) is 2.09. The van der Waals surface area contributed by atoms with Crippen LogP contribution in [0.5, 0.6) is 0 Å². The first-order valence-corrected chi connectivity index (χ1v) is 12.3. The van der Waals surface area contributed by atoms with Gasteiger partial charge in [0.15, 0.2) is 0 Å². The molecule has 0 saturated heterocycles. The lowest BCUT2D eigenvalue weighted by atomic mass is 9.50. The summed E-state index contributed by atoms with van der Waals surface area (Å²) in [7, 11) is 0. The Labute approximate surface area is 191 Å². The van der Waals surface area contributed by atoms with Gasteiger partial charge in [0.2, 0.25) is 0 Å². The van der Waals surface area contributed by atoms with Crippen LogP contribution >= 0.6 is 22.9 Å². The molecule has 5 rings (SSSR count). The summed E-state index contributed by atoms with van der Waals surface area (Å²) in [6.07, 6.45) is 6.22. The van der Waals surface area contributed by atoms with Crippen LogP contribution in [-0.2, 0) is 0 Å². The van der Waals surface area contributed by atoms with Gasteiger partial charge in [-0.25, -0.2) is 9.97 Å². The molecule has 0 unspecified atom stereocenters. The van der Waals surface area contributed by atoms with Crippen molar-refractivity contribution in [3.05, 3.63) is 52.1 Å². The number of hydrogen-bond acceptors (Lipinski definition) is 5. The molecule has 3 aromatic rings. The number of rotatable bonds is 6. The number of benzene rings is 1. The van der Waals surface area contributed by atoms with Crippen molar-refractivity contribution in [2.24, 2.45) is 5.41 Å². The number of nitrogens with zero attached hydrogens (tertiary/aromatic N) is 3. The van der Waals surface area contributed by atoms with Crippen LogP contribution in [-0.4, -0.2) is 35.0 Å². The van der Waals surface area contributed by atoms with E-state index in [1.807, 2.05) is 18.2 Å². The first-order valence-electron chi connectivity index (χ1n) is 11.1. The standard InChI is InChI=1S/C24H27ClN4OS/c1-3-29(4-2)21-9-15(7-8-26-21)22(30)27-18-13-24(14-18)11-16(12-24)23-28-19-10-17(25)5-6-20(19)31-23/h5-10,16,18H,3-4,11-14H2,1-2H3,(H,27,30). The zero-order valence-electron chi connectivity index (χ0n) is 17.9. The normalized spacial score (nSPS) is 24.6. The Morgan fingerprint density at radius 2 is 1.97 bits per heavy atom. The lowest BCUT2D eigenvalue weighted by Crippen LogP contribution is -2.55. The fraction of sp³-hybridized carbons (Fsp3) is 0.458. The Bertz CT molecular complexity index is 1110. The fourth-order valence-electron chi connectivity index (χ4n) is 5.22. The lowest BCUT2D eigenvalue weighted by Gasteiger charge is -2.57. The maximum absolute atomic E-state index is 12.8. The van der Waals surface area contributed by atoms with Gasteiger partial charge in [-0.05, 0) is 75.3 Å². The topological polar surface area (TPSA) is 58.1 Å². The predicted octanol–water partition coefficient (Wildman–Crippen LogP) is 5.65. The van der Waals surface area contributed by atoms with Crippen molar-refractivity contribution in [3.8, 4) is 0 Å². The molecule has 31 heavy (non-hydrogen) atoms. The van der Waals surface area contributed by atoms with E-state index in [9.17, 15) is 4.79 Å². The van der Waals surface area contributed by atoms with Crippen LogP contribution in [0.2, 0.25) is 5.02 Å². The number of thiazole rings is 1. The Hall–Kier alpha value is -2.18. The number of amides is 1. The second kappa shape index (κ2) is 8.06. The van der Waals surface area contributed by atoms with E-state index < -0.39 is 0 Å². The monoisotopic (exact) mass is 454 g/mol. The molecular formula is C24H27ClN4OS. The Morgan fingerprint density at radius 3 is 2.71 bits per heavy atom. The third kappa shape index (κ3) is 3.92. The highest BCUT2D eigenvalue weighted by Crippen LogP contribution is 2.62. The number of aromatic nitrogens is 2. The summed E-state index contributed by atoms with van der Waals surface area (Å²) >= 11 is 7.89. The number of carbonyl (C=O) groups excluding carboxylic acids is 1. The Kier molecular flexibility index (Phi) is 5.39. The highest BCUT2D eigenvalue weighted by molar-refractivity contribution is 7.18. The summed E-state index contributed by atoms with van der Waals surface area (Å²) < 4.78 is 1.21. The van der Waals surface area contributed by atoms with Gasteiger partial charge in [0, 0.05) is 41.8 Å². The molecule has 0 aliphatic heterocycles. The number of hydrogen-bond donors (Lipinski definition) is 1. The second-order valence-corrected chi connectivity index (χ2v) is 10.4. The summed E-state index contributed by atoms with van der Waals surface area (Å²) in [6, 6.07) is 9.91. The van der Waals surface area contributed by atoms with E-state index in [4.69, 9.17) is 16.6 Å². The average molecular weight is 455 g/mol. The molecule has 1 N–H and O–H groups in total. The summed E-state index contributed by atoms with van der Waals surface area (Å²) in [4.78, 5) is 24.1. The Morgan fingerprint density at radius 1 is 1.19 bits per heavy atom. The molecule has 162 valence electrons. The van der Waals surface area contributed by atoms with Crippen molar-refractivity contribution in [1.29, 1.82) is 0 Å². The first kappa shape index (κ1) is 20.7. The van der Waals surface area contributed by atoms with Gasteiger partial charge in [0.1, 0.15) is 5.82 Å². The van der Waals surface area contributed by atoms with Crippen LogP contribution < -0.4 is 10.2 Å². The highest BCUT2D eigenvalue weighted by atomic mass is 35.5. The zero-order valence-corrected chi connectivity index (χ0v) is 19.5.